The molecule has 2 nitrogen and oxygen atoms in total. The highest BCUT2D eigenvalue weighted by atomic mass is 19.4. The van der Waals surface area contributed by atoms with E-state index < -0.39 is 29.7 Å². The Morgan fingerprint density at radius 3 is 2.00 bits per heavy atom. The molecular weight excluding hydrogens is 451 g/mol. The number of hydrogen-bond acceptors (Lipinski definition) is 2. The quantitative estimate of drug-likeness (QED) is 0.334. The summed E-state index contributed by atoms with van der Waals surface area (Å²) in [5.41, 5.74) is 0.892. The van der Waals surface area contributed by atoms with Crippen LogP contribution in [0.3, 0.4) is 0 Å². The summed E-state index contributed by atoms with van der Waals surface area (Å²) in [5.74, 6) is -1.68. The van der Waals surface area contributed by atoms with E-state index in [2.05, 4.69) is 6.92 Å². The molecule has 0 unspecified atom stereocenters. The third-order valence-electron chi connectivity index (χ3n) is 6.00. The van der Waals surface area contributed by atoms with Gasteiger partial charge in [-0.3, -0.25) is 0 Å². The van der Waals surface area contributed by atoms with Crippen LogP contribution in [-0.4, -0.2) is 13.2 Å². The second-order valence-electron chi connectivity index (χ2n) is 8.52. The molecule has 0 aromatic heterocycles. The standard InChI is InChI=1S/C27H25F5O2/c1-2-3-4-17-15-33-26(34-16-17)19-7-5-18(6-8-19)20-9-11-22(24(28)13-20)21-10-12-23(25(29)14-21)27(30,31)32/h5-14,17,26H,2-4,15-16H2,1H3. The van der Waals surface area contributed by atoms with E-state index in [1.54, 1.807) is 6.07 Å². The monoisotopic (exact) mass is 476 g/mol. The first-order valence-electron chi connectivity index (χ1n) is 11.3. The summed E-state index contributed by atoms with van der Waals surface area (Å²) < 4.78 is 78.8. The number of hydrogen-bond donors (Lipinski definition) is 0. The van der Waals surface area contributed by atoms with E-state index in [-0.39, 0.29) is 11.1 Å². The Kier molecular flexibility index (Phi) is 7.33. The predicted octanol–water partition coefficient (Wildman–Crippen LogP) is 8.17. The van der Waals surface area contributed by atoms with Crippen LogP contribution in [0, 0.1) is 17.6 Å². The van der Waals surface area contributed by atoms with E-state index in [0.29, 0.717) is 36.8 Å². The van der Waals surface area contributed by atoms with Crippen molar-refractivity contribution in [3.63, 3.8) is 0 Å². The predicted molar refractivity (Wildman–Crippen MR) is 120 cm³/mol. The Hall–Kier alpha value is -2.77. The summed E-state index contributed by atoms with van der Waals surface area (Å²) in [7, 11) is 0. The van der Waals surface area contributed by atoms with Gasteiger partial charge >= 0.3 is 6.18 Å². The molecule has 0 bridgehead atoms. The second kappa shape index (κ2) is 10.2. The molecule has 0 aliphatic carbocycles. The Morgan fingerprint density at radius 2 is 1.41 bits per heavy atom. The molecular formula is C27H25F5O2. The number of ether oxygens (including phenoxy) is 2. The molecule has 1 fully saturated rings. The van der Waals surface area contributed by atoms with Crippen molar-refractivity contribution in [2.24, 2.45) is 5.92 Å². The molecule has 0 saturated carbocycles. The lowest BCUT2D eigenvalue weighted by Gasteiger charge is -2.29. The molecule has 0 amide bonds. The number of unbranched alkanes of at least 4 members (excludes halogenated alkanes) is 1. The van der Waals surface area contributed by atoms with Gasteiger partial charge in [0, 0.05) is 17.0 Å². The van der Waals surface area contributed by atoms with Crippen LogP contribution in [0.4, 0.5) is 22.0 Å². The van der Waals surface area contributed by atoms with Crippen LogP contribution < -0.4 is 0 Å². The Bertz CT molecular complexity index is 1120. The van der Waals surface area contributed by atoms with Crippen molar-refractivity contribution in [3.8, 4) is 22.3 Å². The highest BCUT2D eigenvalue weighted by Crippen LogP contribution is 2.35. The zero-order chi connectivity index (χ0) is 24.3. The van der Waals surface area contributed by atoms with Gasteiger partial charge in [-0.05, 0) is 41.3 Å². The first-order chi connectivity index (χ1) is 16.3. The van der Waals surface area contributed by atoms with Crippen LogP contribution in [0.25, 0.3) is 22.3 Å². The normalized spacial score (nSPS) is 18.8. The summed E-state index contributed by atoms with van der Waals surface area (Å²) in [4.78, 5) is 0. The molecule has 1 aliphatic heterocycles. The van der Waals surface area contributed by atoms with Crippen LogP contribution in [0.15, 0.2) is 60.7 Å². The van der Waals surface area contributed by atoms with E-state index in [0.717, 1.165) is 36.5 Å². The average Bonchev–Trinajstić information content (AvgIpc) is 2.82. The van der Waals surface area contributed by atoms with Gasteiger partial charge in [0.1, 0.15) is 11.6 Å². The van der Waals surface area contributed by atoms with E-state index in [1.165, 1.54) is 12.1 Å². The third kappa shape index (κ3) is 5.47. The van der Waals surface area contributed by atoms with Gasteiger partial charge in [0.2, 0.25) is 0 Å². The zero-order valence-electron chi connectivity index (χ0n) is 18.7. The SMILES string of the molecule is CCCCC1COC(c2ccc(-c3ccc(-c4ccc(C(F)(F)F)c(F)c4)c(F)c3)cc2)OC1. The first kappa shape index (κ1) is 24.4. The van der Waals surface area contributed by atoms with Crippen LogP contribution in [0.2, 0.25) is 0 Å². The minimum Gasteiger partial charge on any atom is -0.348 e. The maximum atomic E-state index is 14.8. The first-order valence-corrected chi connectivity index (χ1v) is 11.3. The number of halogens is 5. The molecule has 1 heterocycles. The van der Waals surface area contributed by atoms with Crippen molar-refractivity contribution in [2.75, 3.05) is 13.2 Å². The van der Waals surface area contributed by atoms with Gasteiger partial charge in [0.05, 0.1) is 18.8 Å². The number of alkyl halides is 3. The zero-order valence-corrected chi connectivity index (χ0v) is 18.7. The molecule has 0 atom stereocenters. The minimum atomic E-state index is -4.80. The van der Waals surface area contributed by atoms with E-state index in [9.17, 15) is 22.0 Å². The maximum absolute atomic E-state index is 14.8. The number of rotatable bonds is 6. The minimum absolute atomic E-state index is 0.0228. The maximum Gasteiger partial charge on any atom is 0.419 e. The Labute approximate surface area is 195 Å². The van der Waals surface area contributed by atoms with Gasteiger partial charge in [-0.1, -0.05) is 62.2 Å². The van der Waals surface area contributed by atoms with Crippen molar-refractivity contribution in [1.82, 2.24) is 0 Å². The molecule has 34 heavy (non-hydrogen) atoms. The summed E-state index contributed by atoms with van der Waals surface area (Å²) in [6, 6.07) is 14.1. The highest BCUT2D eigenvalue weighted by Gasteiger charge is 2.34. The highest BCUT2D eigenvalue weighted by molar-refractivity contribution is 5.71. The lowest BCUT2D eigenvalue weighted by Crippen LogP contribution is -2.27. The molecule has 0 spiro atoms. The van der Waals surface area contributed by atoms with Gasteiger partial charge in [0.15, 0.2) is 6.29 Å². The van der Waals surface area contributed by atoms with Crippen molar-refractivity contribution < 1.29 is 31.4 Å². The van der Waals surface area contributed by atoms with Crippen LogP contribution in [0.5, 0.6) is 0 Å². The van der Waals surface area contributed by atoms with E-state index >= 15 is 0 Å². The van der Waals surface area contributed by atoms with Gasteiger partial charge in [0.25, 0.3) is 0 Å². The largest absolute Gasteiger partial charge is 0.419 e. The van der Waals surface area contributed by atoms with E-state index in [1.807, 2.05) is 24.3 Å². The average molecular weight is 476 g/mol. The Balaban J connectivity index is 1.47. The topological polar surface area (TPSA) is 18.5 Å². The molecule has 0 N–H and O–H groups in total. The van der Waals surface area contributed by atoms with Crippen molar-refractivity contribution in [1.29, 1.82) is 0 Å². The van der Waals surface area contributed by atoms with Gasteiger partial charge in [-0.15, -0.1) is 0 Å². The number of benzene rings is 3. The fraction of sp³-hybridized carbons (Fsp3) is 0.333. The summed E-state index contributed by atoms with van der Waals surface area (Å²) in [5, 5.41) is 0. The fourth-order valence-electron chi connectivity index (χ4n) is 4.07. The molecule has 3 aromatic rings. The smallest absolute Gasteiger partial charge is 0.348 e. The molecule has 3 aromatic carbocycles. The summed E-state index contributed by atoms with van der Waals surface area (Å²) in [6.07, 6.45) is -1.85. The van der Waals surface area contributed by atoms with Crippen LogP contribution in [0.1, 0.15) is 43.6 Å². The molecule has 0 radical (unpaired) electrons. The van der Waals surface area contributed by atoms with Crippen molar-refractivity contribution in [3.05, 3.63) is 83.4 Å². The second-order valence-corrected chi connectivity index (χ2v) is 8.52. The van der Waals surface area contributed by atoms with Crippen molar-refractivity contribution in [2.45, 2.75) is 38.7 Å². The lowest BCUT2D eigenvalue weighted by molar-refractivity contribution is -0.206. The molecule has 7 heteroatoms. The summed E-state index contributed by atoms with van der Waals surface area (Å²) in [6.45, 7) is 3.47. The van der Waals surface area contributed by atoms with Crippen molar-refractivity contribution >= 4 is 0 Å². The van der Waals surface area contributed by atoms with Crippen LogP contribution >= 0.6 is 0 Å². The summed E-state index contributed by atoms with van der Waals surface area (Å²) >= 11 is 0. The molecule has 1 saturated heterocycles. The Morgan fingerprint density at radius 1 is 0.794 bits per heavy atom. The van der Waals surface area contributed by atoms with E-state index in [4.69, 9.17) is 9.47 Å². The van der Waals surface area contributed by atoms with Crippen LogP contribution in [-0.2, 0) is 15.7 Å². The van der Waals surface area contributed by atoms with Gasteiger partial charge < -0.3 is 9.47 Å². The van der Waals surface area contributed by atoms with Gasteiger partial charge in [-0.2, -0.15) is 13.2 Å². The molecule has 1 aliphatic rings. The molecule has 4 rings (SSSR count). The third-order valence-corrected chi connectivity index (χ3v) is 6.00. The fourth-order valence-corrected chi connectivity index (χ4v) is 4.07. The lowest BCUT2D eigenvalue weighted by atomic mass is 9.98. The van der Waals surface area contributed by atoms with Gasteiger partial charge in [-0.25, -0.2) is 8.78 Å². The molecule has 180 valence electrons.